The van der Waals surface area contributed by atoms with E-state index in [9.17, 15) is 14.9 Å². The maximum Gasteiger partial charge on any atom is 0.337 e. The van der Waals surface area contributed by atoms with Gasteiger partial charge in [-0.2, -0.15) is 0 Å². The summed E-state index contributed by atoms with van der Waals surface area (Å²) in [7, 11) is 1.26. The smallest absolute Gasteiger partial charge is 0.337 e. The highest BCUT2D eigenvalue weighted by molar-refractivity contribution is 6.34. The van der Waals surface area contributed by atoms with Gasteiger partial charge in [0.15, 0.2) is 0 Å². The molecule has 0 saturated carbocycles. The molecule has 86 valence electrons. The number of benzene rings is 1. The van der Waals surface area contributed by atoms with E-state index in [2.05, 4.69) is 0 Å². The summed E-state index contributed by atoms with van der Waals surface area (Å²) in [5.41, 5.74) is -0.496. The Morgan fingerprint density at radius 2 is 2.19 bits per heavy atom. The fourth-order valence-corrected chi connectivity index (χ4v) is 1.53. The van der Waals surface area contributed by atoms with Gasteiger partial charge in [0.05, 0.1) is 22.6 Å². The van der Waals surface area contributed by atoms with Crippen molar-refractivity contribution in [1.82, 2.24) is 0 Å². The summed E-state index contributed by atoms with van der Waals surface area (Å²) >= 11 is 5.77. The lowest BCUT2D eigenvalue weighted by Gasteiger charge is -2.09. The van der Waals surface area contributed by atoms with E-state index >= 15 is 0 Å². The molecule has 0 aromatic heterocycles. The van der Waals surface area contributed by atoms with Gasteiger partial charge in [-0.15, -0.1) is 0 Å². The third-order valence-corrected chi connectivity index (χ3v) is 2.54. The van der Waals surface area contributed by atoms with Crippen LogP contribution in [0.25, 0.3) is 0 Å². The molecule has 0 bridgehead atoms. The zero-order valence-corrected chi connectivity index (χ0v) is 9.24. The summed E-state index contributed by atoms with van der Waals surface area (Å²) in [6, 6.07) is 0.885. The summed E-state index contributed by atoms with van der Waals surface area (Å²) in [4.78, 5) is 20.8. The molecule has 1 N–H and O–H groups in total. The molecule has 0 aliphatic carbocycles. The zero-order chi connectivity index (χ0) is 12.5. The van der Waals surface area contributed by atoms with Crippen LogP contribution in [0, 0.1) is 17.0 Å². The maximum atomic E-state index is 10.8. The van der Waals surface area contributed by atoms with Crippen molar-refractivity contribution < 1.29 is 19.6 Å². The van der Waals surface area contributed by atoms with E-state index in [4.69, 9.17) is 21.4 Å². The van der Waals surface area contributed by atoms with Crippen LogP contribution in [0.3, 0.4) is 0 Å². The summed E-state index contributed by atoms with van der Waals surface area (Å²) < 4.78 is 4.83. The quantitative estimate of drug-likeness (QED) is 0.652. The molecule has 0 fully saturated rings. The number of hydrogen-bond acceptors (Lipinski definition) is 4. The largest absolute Gasteiger partial charge is 0.490 e. The SMILES string of the molecule is COc1c([N+](=O)[O-])cc(C(=O)O)c(Cl)c1C. The summed E-state index contributed by atoms with van der Waals surface area (Å²) in [6.07, 6.45) is 0. The first-order valence-corrected chi connectivity index (χ1v) is 4.52. The van der Waals surface area contributed by atoms with E-state index < -0.39 is 16.6 Å². The molecule has 0 atom stereocenters. The van der Waals surface area contributed by atoms with Gasteiger partial charge in [0.2, 0.25) is 5.75 Å². The number of carbonyl (C=O) groups is 1. The van der Waals surface area contributed by atoms with Gasteiger partial charge in [0, 0.05) is 11.6 Å². The number of rotatable bonds is 3. The Morgan fingerprint density at radius 1 is 1.62 bits per heavy atom. The van der Waals surface area contributed by atoms with Crippen LogP contribution in [0.4, 0.5) is 5.69 Å². The van der Waals surface area contributed by atoms with Gasteiger partial charge >= 0.3 is 11.7 Å². The number of hydrogen-bond donors (Lipinski definition) is 1. The van der Waals surface area contributed by atoms with Crippen molar-refractivity contribution in [2.45, 2.75) is 6.92 Å². The monoisotopic (exact) mass is 245 g/mol. The van der Waals surface area contributed by atoms with Crippen LogP contribution in [0.2, 0.25) is 5.02 Å². The minimum absolute atomic E-state index is 0.0278. The van der Waals surface area contributed by atoms with E-state index in [0.29, 0.717) is 0 Å². The van der Waals surface area contributed by atoms with Crippen molar-refractivity contribution in [1.29, 1.82) is 0 Å². The molecule has 16 heavy (non-hydrogen) atoms. The van der Waals surface area contributed by atoms with Crippen LogP contribution in [0.1, 0.15) is 15.9 Å². The molecule has 1 aromatic rings. The minimum Gasteiger partial charge on any atom is -0.490 e. The first kappa shape index (κ1) is 12.3. The van der Waals surface area contributed by atoms with Gasteiger partial charge in [0.25, 0.3) is 0 Å². The Hall–Kier alpha value is -1.82. The maximum absolute atomic E-state index is 10.8. The third kappa shape index (κ3) is 1.92. The van der Waals surface area contributed by atoms with E-state index in [0.717, 1.165) is 6.07 Å². The Bertz CT molecular complexity index is 471. The van der Waals surface area contributed by atoms with Crippen molar-refractivity contribution in [2.24, 2.45) is 0 Å². The van der Waals surface area contributed by atoms with E-state index in [1.807, 2.05) is 0 Å². The summed E-state index contributed by atoms with van der Waals surface area (Å²) in [5, 5.41) is 19.5. The first-order valence-electron chi connectivity index (χ1n) is 4.15. The Labute approximate surface area is 95.6 Å². The van der Waals surface area contributed by atoms with Gasteiger partial charge in [-0.3, -0.25) is 10.1 Å². The van der Waals surface area contributed by atoms with Crippen LogP contribution in [0.5, 0.6) is 5.75 Å². The Kier molecular flexibility index (Phi) is 3.34. The highest BCUT2D eigenvalue weighted by Gasteiger charge is 2.25. The number of aromatic carboxylic acids is 1. The topological polar surface area (TPSA) is 89.7 Å². The lowest BCUT2D eigenvalue weighted by molar-refractivity contribution is -0.385. The van der Waals surface area contributed by atoms with Crippen LogP contribution in [-0.2, 0) is 0 Å². The van der Waals surface area contributed by atoms with E-state index in [1.54, 1.807) is 0 Å². The highest BCUT2D eigenvalue weighted by atomic mass is 35.5. The lowest BCUT2D eigenvalue weighted by Crippen LogP contribution is -2.04. The second-order valence-electron chi connectivity index (χ2n) is 2.98. The predicted molar refractivity (Wildman–Crippen MR) is 56.4 cm³/mol. The average molecular weight is 246 g/mol. The molecule has 0 spiro atoms. The molecule has 7 heteroatoms. The zero-order valence-electron chi connectivity index (χ0n) is 8.48. The van der Waals surface area contributed by atoms with Gasteiger partial charge in [0.1, 0.15) is 0 Å². The van der Waals surface area contributed by atoms with Crippen LogP contribution in [-0.4, -0.2) is 23.1 Å². The molecule has 0 amide bonds. The van der Waals surface area contributed by atoms with E-state index in [-0.39, 0.29) is 21.9 Å². The van der Waals surface area contributed by atoms with Crippen molar-refractivity contribution in [3.63, 3.8) is 0 Å². The molecule has 0 unspecified atom stereocenters. The molecule has 1 rings (SSSR count). The number of nitro groups is 1. The molecule has 0 saturated heterocycles. The fraction of sp³-hybridized carbons (Fsp3) is 0.222. The molecule has 0 heterocycles. The lowest BCUT2D eigenvalue weighted by atomic mass is 10.1. The Morgan fingerprint density at radius 3 is 2.56 bits per heavy atom. The highest BCUT2D eigenvalue weighted by Crippen LogP contribution is 2.37. The summed E-state index contributed by atoms with van der Waals surface area (Å²) in [5.74, 6) is -1.35. The van der Waals surface area contributed by atoms with Crippen molar-refractivity contribution in [3.8, 4) is 5.75 Å². The van der Waals surface area contributed by atoms with Crippen LogP contribution < -0.4 is 4.74 Å². The van der Waals surface area contributed by atoms with Gasteiger partial charge in [-0.1, -0.05) is 11.6 Å². The van der Waals surface area contributed by atoms with Crippen molar-refractivity contribution >= 4 is 23.3 Å². The average Bonchev–Trinajstić information content (AvgIpc) is 2.20. The normalized spacial score (nSPS) is 9.94. The molecule has 0 aliphatic heterocycles. The van der Waals surface area contributed by atoms with Crippen LogP contribution >= 0.6 is 11.6 Å². The third-order valence-electron chi connectivity index (χ3n) is 2.05. The number of carboxylic acid groups (broad SMARTS) is 1. The number of nitro benzene ring substituents is 1. The summed E-state index contributed by atoms with van der Waals surface area (Å²) in [6.45, 7) is 1.46. The van der Waals surface area contributed by atoms with E-state index in [1.165, 1.54) is 14.0 Å². The van der Waals surface area contributed by atoms with Gasteiger partial charge in [-0.25, -0.2) is 4.79 Å². The molecule has 0 radical (unpaired) electrons. The number of nitrogens with zero attached hydrogens (tertiary/aromatic N) is 1. The number of carboxylic acids is 1. The second-order valence-corrected chi connectivity index (χ2v) is 3.36. The molecule has 0 aliphatic rings. The van der Waals surface area contributed by atoms with Crippen LogP contribution in [0.15, 0.2) is 6.07 Å². The van der Waals surface area contributed by atoms with Crippen molar-refractivity contribution in [3.05, 3.63) is 32.3 Å². The standard InChI is InChI=1S/C9H8ClNO5/c1-4-7(10)5(9(12)13)3-6(11(14)15)8(4)16-2/h3H,1-2H3,(H,12,13). The predicted octanol–water partition coefficient (Wildman–Crippen LogP) is 2.26. The molecular formula is C9H8ClNO5. The molecule has 1 aromatic carbocycles. The Balaban J connectivity index is 3.62. The molecule has 6 nitrogen and oxygen atoms in total. The second kappa shape index (κ2) is 4.36. The first-order chi connectivity index (χ1) is 7.40. The number of methoxy groups -OCH3 is 1. The number of ether oxygens (including phenoxy) is 1. The fourth-order valence-electron chi connectivity index (χ4n) is 1.31. The number of halogens is 1. The van der Waals surface area contributed by atoms with Gasteiger partial charge < -0.3 is 9.84 Å². The molecular weight excluding hydrogens is 238 g/mol. The van der Waals surface area contributed by atoms with Gasteiger partial charge in [-0.05, 0) is 6.92 Å². The van der Waals surface area contributed by atoms with Crippen molar-refractivity contribution in [2.75, 3.05) is 7.11 Å². The minimum atomic E-state index is -1.32.